The predicted molar refractivity (Wildman–Crippen MR) is 96.1 cm³/mol. The van der Waals surface area contributed by atoms with Crippen LogP contribution in [0.15, 0.2) is 84.0 Å². The summed E-state index contributed by atoms with van der Waals surface area (Å²) < 4.78 is 29.9. The summed E-state index contributed by atoms with van der Waals surface area (Å²) in [6.45, 7) is 0.323. The van der Waals surface area contributed by atoms with Crippen LogP contribution in [-0.2, 0) is 16.7 Å². The Morgan fingerprint density at radius 2 is 1.69 bits per heavy atom. The highest BCUT2D eigenvalue weighted by atomic mass is 32.2. The quantitative estimate of drug-likeness (QED) is 0.676. The van der Waals surface area contributed by atoms with E-state index in [-0.39, 0.29) is 16.2 Å². The molecule has 7 heteroatoms. The summed E-state index contributed by atoms with van der Waals surface area (Å²) in [4.78, 5) is 16.2. The van der Waals surface area contributed by atoms with E-state index in [2.05, 4.69) is 10.3 Å². The Morgan fingerprint density at radius 3 is 2.42 bits per heavy atom. The van der Waals surface area contributed by atoms with Gasteiger partial charge in [0.25, 0.3) is 5.91 Å². The van der Waals surface area contributed by atoms with Gasteiger partial charge in [0.15, 0.2) is 5.75 Å². The second kappa shape index (κ2) is 7.79. The molecule has 132 valence electrons. The molecule has 0 radical (unpaired) electrons. The van der Waals surface area contributed by atoms with Gasteiger partial charge in [0, 0.05) is 18.9 Å². The molecule has 1 amide bonds. The first-order valence-electron chi connectivity index (χ1n) is 7.82. The van der Waals surface area contributed by atoms with Crippen LogP contribution in [0.1, 0.15) is 15.9 Å². The Labute approximate surface area is 151 Å². The molecular formula is C19H16N2O4S. The van der Waals surface area contributed by atoms with E-state index in [1.807, 2.05) is 30.3 Å². The van der Waals surface area contributed by atoms with E-state index in [1.54, 1.807) is 12.1 Å². The lowest BCUT2D eigenvalue weighted by Crippen LogP contribution is -2.24. The summed E-state index contributed by atoms with van der Waals surface area (Å²) in [5.74, 6) is -0.465. The zero-order valence-corrected chi connectivity index (χ0v) is 14.5. The number of amides is 1. The normalized spacial score (nSPS) is 10.9. The molecule has 1 heterocycles. The number of hydrogen-bond donors (Lipinski definition) is 1. The fourth-order valence-electron chi connectivity index (χ4n) is 2.26. The smallest absolute Gasteiger partial charge is 0.340 e. The third kappa shape index (κ3) is 4.25. The number of nitrogens with zero attached hydrogens (tertiary/aromatic N) is 1. The number of pyridine rings is 1. The van der Waals surface area contributed by atoms with Crippen molar-refractivity contribution in [2.45, 2.75) is 11.4 Å². The molecule has 0 bridgehead atoms. The molecular weight excluding hydrogens is 352 g/mol. The number of carbonyl (C=O) groups excluding carboxylic acids is 1. The first kappa shape index (κ1) is 17.6. The van der Waals surface area contributed by atoms with E-state index in [0.717, 1.165) is 5.56 Å². The van der Waals surface area contributed by atoms with Crippen LogP contribution >= 0.6 is 0 Å². The first-order chi connectivity index (χ1) is 12.6. The monoisotopic (exact) mass is 368 g/mol. The molecule has 3 rings (SSSR count). The van der Waals surface area contributed by atoms with Crippen LogP contribution in [0.4, 0.5) is 0 Å². The van der Waals surface area contributed by atoms with Crippen LogP contribution in [0.25, 0.3) is 0 Å². The van der Waals surface area contributed by atoms with Gasteiger partial charge in [-0.1, -0.05) is 42.5 Å². The minimum Gasteiger partial charge on any atom is -0.378 e. The summed E-state index contributed by atoms with van der Waals surface area (Å²) in [6, 6.07) is 18.5. The summed E-state index contributed by atoms with van der Waals surface area (Å²) in [6.07, 6.45) is 2.65. The molecule has 0 aliphatic carbocycles. The van der Waals surface area contributed by atoms with Gasteiger partial charge >= 0.3 is 10.1 Å². The largest absolute Gasteiger partial charge is 0.378 e. The van der Waals surface area contributed by atoms with Crippen LogP contribution in [0.3, 0.4) is 0 Å². The van der Waals surface area contributed by atoms with Gasteiger partial charge in [-0.05, 0) is 29.8 Å². The number of aromatic nitrogens is 1. The van der Waals surface area contributed by atoms with Gasteiger partial charge in [-0.25, -0.2) is 0 Å². The molecule has 0 atom stereocenters. The van der Waals surface area contributed by atoms with Crippen LogP contribution < -0.4 is 9.50 Å². The van der Waals surface area contributed by atoms with Crippen molar-refractivity contribution >= 4 is 16.0 Å². The topological polar surface area (TPSA) is 85.4 Å². The van der Waals surface area contributed by atoms with Gasteiger partial charge in [0.2, 0.25) is 0 Å². The van der Waals surface area contributed by atoms with Crippen molar-refractivity contribution in [3.05, 3.63) is 90.3 Å². The molecule has 2 aromatic carbocycles. The highest BCUT2D eigenvalue weighted by molar-refractivity contribution is 7.87. The van der Waals surface area contributed by atoms with Gasteiger partial charge in [0.05, 0.1) is 5.56 Å². The number of para-hydroxylation sites is 1. The molecule has 1 N–H and O–H groups in total. The molecule has 26 heavy (non-hydrogen) atoms. The molecule has 0 fully saturated rings. The molecule has 0 aliphatic heterocycles. The SMILES string of the molecule is O=C(NCc1ccccc1)c1ccccc1OS(=O)(=O)c1cccnc1. The van der Waals surface area contributed by atoms with Crippen molar-refractivity contribution in [2.24, 2.45) is 0 Å². The summed E-state index contributed by atoms with van der Waals surface area (Å²) in [5.41, 5.74) is 1.07. The average Bonchev–Trinajstić information content (AvgIpc) is 2.68. The minimum absolute atomic E-state index is 0.0399. The third-order valence-corrected chi connectivity index (χ3v) is 4.77. The number of carbonyl (C=O) groups is 1. The summed E-state index contributed by atoms with van der Waals surface area (Å²) in [7, 11) is -4.08. The van der Waals surface area contributed by atoms with Crippen LogP contribution in [0.5, 0.6) is 5.75 Å². The lowest BCUT2D eigenvalue weighted by atomic mass is 10.1. The molecule has 0 saturated heterocycles. The lowest BCUT2D eigenvalue weighted by molar-refractivity contribution is 0.0949. The number of rotatable bonds is 6. The van der Waals surface area contributed by atoms with E-state index in [0.29, 0.717) is 6.54 Å². The minimum atomic E-state index is -4.08. The van der Waals surface area contributed by atoms with E-state index >= 15 is 0 Å². The summed E-state index contributed by atoms with van der Waals surface area (Å²) >= 11 is 0. The molecule has 6 nitrogen and oxygen atoms in total. The Morgan fingerprint density at radius 1 is 0.962 bits per heavy atom. The second-order valence-electron chi connectivity index (χ2n) is 5.39. The van der Waals surface area contributed by atoms with Crippen molar-refractivity contribution < 1.29 is 17.4 Å². The third-order valence-electron chi connectivity index (χ3n) is 3.55. The second-order valence-corrected chi connectivity index (χ2v) is 6.94. The molecule has 3 aromatic rings. The Hall–Kier alpha value is -3.19. The highest BCUT2D eigenvalue weighted by Gasteiger charge is 2.20. The van der Waals surface area contributed by atoms with Crippen molar-refractivity contribution in [1.82, 2.24) is 10.3 Å². The summed E-state index contributed by atoms with van der Waals surface area (Å²) in [5, 5.41) is 2.76. The van der Waals surface area contributed by atoms with Gasteiger partial charge in [-0.2, -0.15) is 8.42 Å². The number of hydrogen-bond acceptors (Lipinski definition) is 5. The van der Waals surface area contributed by atoms with Gasteiger partial charge in [-0.3, -0.25) is 9.78 Å². The van der Waals surface area contributed by atoms with E-state index < -0.39 is 16.0 Å². The number of nitrogens with one attached hydrogen (secondary N) is 1. The molecule has 1 aromatic heterocycles. The van der Waals surface area contributed by atoms with Crippen LogP contribution in [0, 0.1) is 0 Å². The van der Waals surface area contributed by atoms with Crippen molar-refractivity contribution in [3.63, 3.8) is 0 Å². The first-order valence-corrected chi connectivity index (χ1v) is 9.23. The van der Waals surface area contributed by atoms with Crippen molar-refractivity contribution in [1.29, 1.82) is 0 Å². The maximum Gasteiger partial charge on any atom is 0.340 e. The van der Waals surface area contributed by atoms with Crippen LogP contribution in [-0.4, -0.2) is 19.3 Å². The highest BCUT2D eigenvalue weighted by Crippen LogP contribution is 2.22. The average molecular weight is 368 g/mol. The van der Waals surface area contributed by atoms with Crippen molar-refractivity contribution in [3.8, 4) is 5.75 Å². The molecule has 0 unspecified atom stereocenters. The van der Waals surface area contributed by atoms with E-state index in [1.165, 1.54) is 36.7 Å². The predicted octanol–water partition coefficient (Wildman–Crippen LogP) is 2.78. The zero-order chi connectivity index (χ0) is 18.4. The lowest BCUT2D eigenvalue weighted by Gasteiger charge is -2.11. The maximum absolute atomic E-state index is 12.5. The fraction of sp³-hybridized carbons (Fsp3) is 0.0526. The fourth-order valence-corrected chi connectivity index (χ4v) is 3.17. The Balaban J connectivity index is 1.79. The van der Waals surface area contributed by atoms with Crippen molar-refractivity contribution in [2.75, 3.05) is 0 Å². The van der Waals surface area contributed by atoms with Gasteiger partial charge in [0.1, 0.15) is 4.90 Å². The van der Waals surface area contributed by atoms with Crippen LogP contribution in [0.2, 0.25) is 0 Å². The standard InChI is InChI=1S/C19H16N2O4S/c22-19(21-13-15-7-2-1-3-8-15)17-10-4-5-11-18(17)25-26(23,24)16-9-6-12-20-14-16/h1-12,14H,13H2,(H,21,22). The van der Waals surface area contributed by atoms with E-state index in [9.17, 15) is 13.2 Å². The molecule has 0 aliphatic rings. The Kier molecular flexibility index (Phi) is 5.28. The van der Waals surface area contributed by atoms with Gasteiger partial charge < -0.3 is 9.50 Å². The molecule has 0 spiro atoms. The Bertz CT molecular complexity index is 990. The van der Waals surface area contributed by atoms with Gasteiger partial charge in [-0.15, -0.1) is 0 Å². The maximum atomic E-state index is 12.5. The van der Waals surface area contributed by atoms with E-state index in [4.69, 9.17) is 4.18 Å². The zero-order valence-electron chi connectivity index (χ0n) is 13.7. The molecule has 0 saturated carbocycles. The number of benzene rings is 2.